The predicted octanol–water partition coefficient (Wildman–Crippen LogP) is 0.970. The number of anilines is 1. The van der Waals surface area contributed by atoms with Gasteiger partial charge in [-0.15, -0.1) is 0 Å². The molecule has 0 bridgehead atoms. The molecule has 2 atom stereocenters. The van der Waals surface area contributed by atoms with Gasteiger partial charge in [0.2, 0.25) is 17.8 Å². The van der Waals surface area contributed by atoms with Crippen molar-refractivity contribution in [2.24, 2.45) is 11.8 Å². The highest BCUT2D eigenvalue weighted by molar-refractivity contribution is 6.06. The van der Waals surface area contributed by atoms with E-state index in [-0.39, 0.29) is 29.3 Å². The third kappa shape index (κ3) is 2.62. The minimum absolute atomic E-state index is 0.141. The van der Waals surface area contributed by atoms with Gasteiger partial charge in [-0.3, -0.25) is 14.5 Å². The number of nitriles is 1. The summed E-state index contributed by atoms with van der Waals surface area (Å²) in [5, 5.41) is 8.95. The van der Waals surface area contributed by atoms with E-state index in [1.54, 1.807) is 0 Å². The Balaban J connectivity index is 1.52. The van der Waals surface area contributed by atoms with Crippen molar-refractivity contribution in [3.63, 3.8) is 0 Å². The van der Waals surface area contributed by atoms with E-state index in [1.807, 2.05) is 41.3 Å². The van der Waals surface area contributed by atoms with Crippen LogP contribution in [0.5, 0.6) is 0 Å². The summed E-state index contributed by atoms with van der Waals surface area (Å²) in [5.74, 6) is -0.629. The van der Waals surface area contributed by atoms with Crippen LogP contribution in [0, 0.1) is 23.2 Å². The van der Waals surface area contributed by atoms with Crippen LogP contribution < -0.4 is 4.90 Å². The van der Waals surface area contributed by atoms with E-state index in [0.717, 1.165) is 5.56 Å². The summed E-state index contributed by atoms with van der Waals surface area (Å²) in [5.41, 5.74) is 1.21. The fraction of sp³-hybridized carbons (Fsp3) is 0.278. The molecule has 7 heteroatoms. The Bertz CT molecular complexity index is 853. The number of fused-ring (bicyclic) bond motifs is 1. The molecule has 7 nitrogen and oxygen atoms in total. The number of imide groups is 1. The molecule has 2 saturated heterocycles. The number of carbonyl (C=O) groups is 2. The Morgan fingerprint density at radius 3 is 2.40 bits per heavy atom. The zero-order valence-corrected chi connectivity index (χ0v) is 13.4. The molecule has 2 unspecified atom stereocenters. The highest BCUT2D eigenvalue weighted by Gasteiger charge is 2.52. The molecule has 4 rings (SSSR count). The summed E-state index contributed by atoms with van der Waals surface area (Å²) in [6.07, 6.45) is 1.51. The molecule has 2 fully saturated rings. The molecule has 1 aromatic heterocycles. The number of amides is 2. The van der Waals surface area contributed by atoms with Gasteiger partial charge in [-0.05, 0) is 11.6 Å². The third-order valence-electron chi connectivity index (χ3n) is 4.71. The van der Waals surface area contributed by atoms with Crippen LogP contribution in [0.25, 0.3) is 0 Å². The van der Waals surface area contributed by atoms with Crippen molar-refractivity contribution in [2.75, 3.05) is 18.0 Å². The summed E-state index contributed by atoms with van der Waals surface area (Å²) in [6.45, 7) is 1.11. The van der Waals surface area contributed by atoms with E-state index < -0.39 is 0 Å². The molecule has 1 aromatic carbocycles. The standard InChI is InChI=1S/C18H15N5O2/c19-8-13-6-7-20-18(21-13)22-10-14-15(11-22)17(25)23(16(14)24)9-12-4-2-1-3-5-12/h1-7,14-15H,9-11H2. The molecule has 2 aromatic rings. The van der Waals surface area contributed by atoms with Gasteiger partial charge in [0.25, 0.3) is 0 Å². The maximum absolute atomic E-state index is 12.7. The van der Waals surface area contributed by atoms with Crippen molar-refractivity contribution in [2.45, 2.75) is 6.54 Å². The Kier molecular flexibility index (Phi) is 3.65. The van der Waals surface area contributed by atoms with Crippen molar-refractivity contribution in [1.29, 1.82) is 5.26 Å². The third-order valence-corrected chi connectivity index (χ3v) is 4.71. The van der Waals surface area contributed by atoms with Gasteiger partial charge in [0.05, 0.1) is 18.4 Å². The van der Waals surface area contributed by atoms with Crippen LogP contribution in [0.15, 0.2) is 42.6 Å². The molecule has 0 radical (unpaired) electrons. The average molecular weight is 333 g/mol. The summed E-state index contributed by atoms with van der Waals surface area (Å²) >= 11 is 0. The van der Waals surface area contributed by atoms with Gasteiger partial charge in [0, 0.05) is 19.3 Å². The highest BCUT2D eigenvalue weighted by Crippen LogP contribution is 2.35. The lowest BCUT2D eigenvalue weighted by molar-refractivity contribution is -0.140. The molecule has 0 saturated carbocycles. The largest absolute Gasteiger partial charge is 0.339 e. The molecule has 124 valence electrons. The van der Waals surface area contributed by atoms with Gasteiger partial charge in [0.1, 0.15) is 11.8 Å². The summed E-state index contributed by atoms with van der Waals surface area (Å²) in [6, 6.07) is 13.0. The van der Waals surface area contributed by atoms with Crippen LogP contribution in [-0.2, 0) is 16.1 Å². The maximum atomic E-state index is 12.7. The molecular formula is C18H15N5O2. The topological polar surface area (TPSA) is 90.2 Å². The van der Waals surface area contributed by atoms with Crippen LogP contribution in [0.2, 0.25) is 0 Å². The van der Waals surface area contributed by atoms with Gasteiger partial charge in [-0.1, -0.05) is 30.3 Å². The molecule has 0 aliphatic carbocycles. The smallest absolute Gasteiger partial charge is 0.235 e. The Morgan fingerprint density at radius 1 is 1.08 bits per heavy atom. The van der Waals surface area contributed by atoms with Crippen molar-refractivity contribution in [1.82, 2.24) is 14.9 Å². The second kappa shape index (κ2) is 5.98. The second-order valence-electron chi connectivity index (χ2n) is 6.22. The number of likely N-dealkylation sites (tertiary alicyclic amines) is 1. The highest BCUT2D eigenvalue weighted by atomic mass is 16.2. The van der Waals surface area contributed by atoms with E-state index in [1.165, 1.54) is 17.2 Å². The van der Waals surface area contributed by atoms with E-state index in [0.29, 0.717) is 25.6 Å². The van der Waals surface area contributed by atoms with Gasteiger partial charge in [-0.25, -0.2) is 9.97 Å². The molecule has 25 heavy (non-hydrogen) atoms. The Hall–Kier alpha value is -3.27. The van der Waals surface area contributed by atoms with Gasteiger partial charge in [-0.2, -0.15) is 5.26 Å². The second-order valence-corrected chi connectivity index (χ2v) is 6.22. The van der Waals surface area contributed by atoms with Gasteiger partial charge in [0.15, 0.2) is 0 Å². The van der Waals surface area contributed by atoms with Crippen LogP contribution in [0.1, 0.15) is 11.3 Å². The normalized spacial score (nSPS) is 22.2. The van der Waals surface area contributed by atoms with Crippen molar-refractivity contribution in [3.8, 4) is 6.07 Å². The first-order valence-electron chi connectivity index (χ1n) is 8.04. The zero-order chi connectivity index (χ0) is 17.4. The lowest BCUT2D eigenvalue weighted by Crippen LogP contribution is -2.36. The SMILES string of the molecule is N#Cc1ccnc(N2CC3C(=O)N(Cc4ccccc4)C(=O)C3C2)n1. The van der Waals surface area contributed by atoms with Crippen LogP contribution >= 0.6 is 0 Å². The quantitative estimate of drug-likeness (QED) is 0.778. The van der Waals surface area contributed by atoms with Crippen molar-refractivity contribution in [3.05, 3.63) is 53.9 Å². The minimum Gasteiger partial charge on any atom is -0.339 e. The first-order chi connectivity index (χ1) is 12.2. The van der Waals surface area contributed by atoms with Crippen LogP contribution in [0.3, 0.4) is 0 Å². The van der Waals surface area contributed by atoms with E-state index >= 15 is 0 Å². The zero-order valence-electron chi connectivity index (χ0n) is 13.4. The van der Waals surface area contributed by atoms with Gasteiger partial charge < -0.3 is 4.90 Å². The van der Waals surface area contributed by atoms with Crippen LogP contribution in [-0.4, -0.2) is 39.8 Å². The maximum Gasteiger partial charge on any atom is 0.235 e. The Morgan fingerprint density at radius 2 is 1.76 bits per heavy atom. The number of hydrogen-bond acceptors (Lipinski definition) is 6. The number of hydrogen-bond donors (Lipinski definition) is 0. The molecule has 2 aliphatic rings. The molecule has 2 aliphatic heterocycles. The fourth-order valence-corrected chi connectivity index (χ4v) is 3.46. The Labute approximate surface area is 144 Å². The number of nitrogens with zero attached hydrogens (tertiary/aromatic N) is 5. The lowest BCUT2D eigenvalue weighted by Gasteiger charge is -2.20. The number of rotatable bonds is 3. The average Bonchev–Trinajstić information content (AvgIpc) is 3.19. The van der Waals surface area contributed by atoms with Crippen LogP contribution in [0.4, 0.5) is 5.95 Å². The number of benzene rings is 1. The summed E-state index contributed by atoms with van der Waals surface area (Å²) < 4.78 is 0. The summed E-state index contributed by atoms with van der Waals surface area (Å²) in [4.78, 5) is 36.9. The van der Waals surface area contributed by atoms with Crippen molar-refractivity contribution >= 4 is 17.8 Å². The lowest BCUT2D eigenvalue weighted by atomic mass is 10.00. The van der Waals surface area contributed by atoms with Gasteiger partial charge >= 0.3 is 0 Å². The van der Waals surface area contributed by atoms with E-state index in [2.05, 4.69) is 9.97 Å². The number of aromatic nitrogens is 2. The predicted molar refractivity (Wildman–Crippen MR) is 87.9 cm³/mol. The molecular weight excluding hydrogens is 318 g/mol. The molecule has 0 N–H and O–H groups in total. The molecule has 0 spiro atoms. The summed E-state index contributed by atoms with van der Waals surface area (Å²) in [7, 11) is 0. The first-order valence-corrected chi connectivity index (χ1v) is 8.04. The molecule has 3 heterocycles. The fourth-order valence-electron chi connectivity index (χ4n) is 3.46. The minimum atomic E-state index is -0.370. The monoisotopic (exact) mass is 333 g/mol. The van der Waals surface area contributed by atoms with Crippen molar-refractivity contribution < 1.29 is 9.59 Å². The number of carbonyl (C=O) groups excluding carboxylic acids is 2. The molecule has 2 amide bonds. The van der Waals surface area contributed by atoms with E-state index in [9.17, 15) is 9.59 Å². The van der Waals surface area contributed by atoms with E-state index in [4.69, 9.17) is 5.26 Å². The first kappa shape index (κ1) is 15.3.